The topological polar surface area (TPSA) is 182 Å². The summed E-state index contributed by atoms with van der Waals surface area (Å²) in [6.07, 6.45) is -1.51. The summed E-state index contributed by atoms with van der Waals surface area (Å²) in [5.41, 5.74) is 7.45. The number of benzene rings is 3. The van der Waals surface area contributed by atoms with Gasteiger partial charge in [-0.1, -0.05) is 56.3 Å². The Morgan fingerprint density at radius 1 is 0.940 bits per heavy atom. The van der Waals surface area contributed by atoms with Gasteiger partial charge in [-0.25, -0.2) is 22.7 Å². The van der Waals surface area contributed by atoms with Gasteiger partial charge in [0.2, 0.25) is 10.0 Å². The molecule has 0 aliphatic rings. The van der Waals surface area contributed by atoms with Crippen molar-refractivity contribution in [3.8, 4) is 11.5 Å². The molecule has 1 unspecified atom stereocenters. The predicted molar refractivity (Wildman–Crippen MR) is 186 cm³/mol. The third kappa shape index (κ3) is 12.6. The van der Waals surface area contributed by atoms with Crippen LogP contribution in [0.15, 0.2) is 76.6 Å². The summed E-state index contributed by atoms with van der Waals surface area (Å²) in [6.45, 7) is 10.6. The summed E-state index contributed by atoms with van der Waals surface area (Å²) in [5.74, 6) is -0.476. The lowest BCUT2D eigenvalue weighted by Crippen LogP contribution is -2.36. The van der Waals surface area contributed by atoms with Crippen LogP contribution in [0.4, 0.5) is 4.79 Å². The molecule has 0 aliphatic heterocycles. The van der Waals surface area contributed by atoms with Crippen LogP contribution in [0.5, 0.6) is 11.5 Å². The number of carbonyl (C=O) groups excluding carboxylic acids is 3. The Labute approximate surface area is 293 Å². The predicted octanol–water partition coefficient (Wildman–Crippen LogP) is 5.24. The zero-order valence-electron chi connectivity index (χ0n) is 29.1. The first-order chi connectivity index (χ1) is 23.6. The first-order valence-corrected chi connectivity index (χ1v) is 17.5. The van der Waals surface area contributed by atoms with Crippen LogP contribution in [-0.2, 0) is 46.9 Å². The van der Waals surface area contributed by atoms with Crippen LogP contribution in [-0.4, -0.2) is 58.8 Å². The van der Waals surface area contributed by atoms with E-state index in [0.717, 1.165) is 17.3 Å². The molecule has 3 aromatic rings. The second kappa shape index (κ2) is 18.3. The van der Waals surface area contributed by atoms with Crippen LogP contribution in [0.3, 0.4) is 0 Å². The molecule has 1 atom stereocenters. The molecule has 0 saturated heterocycles. The van der Waals surface area contributed by atoms with Crippen molar-refractivity contribution in [2.24, 2.45) is 16.1 Å². The van der Waals surface area contributed by atoms with Gasteiger partial charge in [0.1, 0.15) is 23.0 Å². The number of carbonyl (C=O) groups is 3. The van der Waals surface area contributed by atoms with Gasteiger partial charge < -0.3 is 23.7 Å². The van der Waals surface area contributed by atoms with Crippen molar-refractivity contribution in [2.45, 2.75) is 71.8 Å². The molecule has 270 valence electrons. The zero-order valence-corrected chi connectivity index (χ0v) is 30.0. The number of aliphatic imine (C=N–C) groups is 1. The maximum absolute atomic E-state index is 13.7. The van der Waals surface area contributed by atoms with E-state index >= 15 is 0 Å². The molecule has 3 N–H and O–H groups in total. The molecule has 0 aliphatic carbocycles. The van der Waals surface area contributed by atoms with Crippen molar-refractivity contribution in [2.75, 3.05) is 19.8 Å². The fraction of sp³-hybridized carbons (Fsp3) is 0.389. The van der Waals surface area contributed by atoms with Gasteiger partial charge in [0, 0.05) is 12.8 Å². The summed E-state index contributed by atoms with van der Waals surface area (Å²) >= 11 is 0. The fourth-order valence-corrected chi connectivity index (χ4v) is 5.45. The number of hydrogen-bond acceptors (Lipinski definition) is 11. The normalized spacial score (nSPS) is 12.4. The number of sulfonamides is 1. The van der Waals surface area contributed by atoms with E-state index in [1.165, 1.54) is 18.2 Å². The number of nitrogens with zero attached hydrogens (tertiary/aromatic N) is 1. The number of ether oxygens (including phenoxy) is 5. The molecule has 0 aromatic heterocycles. The number of nitrogens with one attached hydrogen (secondary N) is 1. The third-order valence-corrected chi connectivity index (χ3v) is 8.44. The molecule has 0 saturated carbocycles. The van der Waals surface area contributed by atoms with Crippen LogP contribution >= 0.6 is 0 Å². The number of esters is 2. The highest BCUT2D eigenvalue weighted by Crippen LogP contribution is 2.28. The van der Waals surface area contributed by atoms with Crippen molar-refractivity contribution >= 4 is 34.3 Å². The number of rotatable bonds is 16. The van der Waals surface area contributed by atoms with E-state index in [2.05, 4.69) is 9.71 Å². The lowest BCUT2D eigenvalue weighted by Gasteiger charge is -2.19. The van der Waals surface area contributed by atoms with Crippen LogP contribution in [0.2, 0.25) is 0 Å². The van der Waals surface area contributed by atoms with Crippen molar-refractivity contribution in [3.05, 3.63) is 89.0 Å². The summed E-state index contributed by atoms with van der Waals surface area (Å²) in [5, 5.41) is 0. The highest BCUT2D eigenvalue weighted by atomic mass is 32.2. The quantitative estimate of drug-likeness (QED) is 0.113. The molecule has 14 heteroatoms. The van der Waals surface area contributed by atoms with Gasteiger partial charge in [0.25, 0.3) is 0 Å². The van der Waals surface area contributed by atoms with E-state index in [1.54, 1.807) is 27.7 Å². The molecule has 0 heterocycles. The average Bonchev–Trinajstić information content (AvgIpc) is 3.06. The number of nitrogens with two attached hydrogens (primary N) is 1. The van der Waals surface area contributed by atoms with Crippen LogP contribution < -0.4 is 19.9 Å². The number of amides is 1. The van der Waals surface area contributed by atoms with Gasteiger partial charge in [-0.3, -0.25) is 10.5 Å². The highest BCUT2D eigenvalue weighted by molar-refractivity contribution is 7.89. The molecule has 50 heavy (non-hydrogen) atoms. The Morgan fingerprint density at radius 2 is 1.66 bits per heavy atom. The highest BCUT2D eigenvalue weighted by Gasteiger charge is 2.26. The third-order valence-electron chi connectivity index (χ3n) is 6.96. The van der Waals surface area contributed by atoms with Crippen molar-refractivity contribution in [3.63, 3.8) is 0 Å². The first kappa shape index (κ1) is 39.6. The lowest BCUT2D eigenvalue weighted by atomic mass is 9.97. The molecule has 13 nitrogen and oxygen atoms in total. The minimum atomic E-state index is -4.19. The van der Waals surface area contributed by atoms with E-state index in [1.807, 2.05) is 62.4 Å². The molecule has 0 spiro atoms. The Balaban J connectivity index is 1.80. The lowest BCUT2D eigenvalue weighted by molar-refractivity contribution is -0.175. The maximum Gasteiger partial charge on any atom is 0.437 e. The minimum absolute atomic E-state index is 0.0208. The first-order valence-electron chi connectivity index (χ1n) is 16.0. The van der Waals surface area contributed by atoms with Gasteiger partial charge in [-0.05, 0) is 86.6 Å². The van der Waals surface area contributed by atoms with Crippen molar-refractivity contribution < 1.29 is 46.5 Å². The molecule has 0 fully saturated rings. The number of hydrogen-bond donors (Lipinski definition) is 2. The standard InChI is InChI=1S/C36H45N3O10S/c1-7-45-32(40)23-47-30-20-28(24(2)3)15-14-27(30)17-18-39-50(43,44)31-19-26(13-16-29(31)46-22-25-11-9-8-10-12-25)21-38-35(42)49-34(37)48-33(41)36(4,5)6/h8-16,19-21,24,34,39H,7,17-18,22-23,37H2,1-6H3. The largest absolute Gasteiger partial charge is 0.487 e. The summed E-state index contributed by atoms with van der Waals surface area (Å²) in [7, 11) is -4.19. The Hall–Kier alpha value is -4.79. The van der Waals surface area contributed by atoms with E-state index in [-0.39, 0.29) is 54.9 Å². The monoisotopic (exact) mass is 711 g/mol. The van der Waals surface area contributed by atoms with E-state index in [9.17, 15) is 22.8 Å². The molecular weight excluding hydrogens is 666 g/mol. The van der Waals surface area contributed by atoms with Crippen molar-refractivity contribution in [1.82, 2.24) is 4.72 Å². The Morgan fingerprint density at radius 3 is 2.32 bits per heavy atom. The van der Waals surface area contributed by atoms with Gasteiger partial charge in [-0.2, -0.15) is 4.99 Å². The minimum Gasteiger partial charge on any atom is -0.487 e. The molecule has 1 amide bonds. The van der Waals surface area contributed by atoms with Gasteiger partial charge in [0.15, 0.2) is 6.61 Å². The molecule has 3 rings (SSSR count). The summed E-state index contributed by atoms with van der Waals surface area (Å²) in [4.78, 5) is 39.7. The van der Waals surface area contributed by atoms with Gasteiger partial charge in [-0.15, -0.1) is 0 Å². The molecule has 0 radical (unpaired) electrons. The fourth-order valence-electron chi connectivity index (χ4n) is 4.24. The Bertz CT molecular complexity index is 1750. The molecule has 3 aromatic carbocycles. The van der Waals surface area contributed by atoms with Crippen LogP contribution in [0.1, 0.15) is 69.7 Å². The smallest absolute Gasteiger partial charge is 0.437 e. The SMILES string of the molecule is CCOC(=O)COc1cc(C(C)C)ccc1CCNS(=O)(=O)c1cc(C=NC(=O)OC(N)OC(=O)C(C)(C)C)ccc1OCc1ccccc1. The molecule has 0 bridgehead atoms. The van der Waals surface area contributed by atoms with Gasteiger partial charge in [0.05, 0.1) is 12.0 Å². The van der Waals surface area contributed by atoms with E-state index in [0.29, 0.717) is 11.3 Å². The second-order valence-electron chi connectivity index (χ2n) is 12.4. The van der Waals surface area contributed by atoms with E-state index in [4.69, 9.17) is 29.4 Å². The molecular formula is C36H45N3O10S. The zero-order chi connectivity index (χ0) is 36.9. The average molecular weight is 712 g/mol. The van der Waals surface area contributed by atoms with Gasteiger partial charge >= 0.3 is 24.4 Å². The summed E-state index contributed by atoms with van der Waals surface area (Å²) in [6, 6.07) is 19.1. The Kier molecular flexibility index (Phi) is 14.5. The van der Waals surface area contributed by atoms with Crippen LogP contribution in [0.25, 0.3) is 0 Å². The maximum atomic E-state index is 13.7. The summed E-state index contributed by atoms with van der Waals surface area (Å²) < 4.78 is 56.4. The second-order valence-corrected chi connectivity index (χ2v) is 14.1. The van der Waals surface area contributed by atoms with E-state index < -0.39 is 39.9 Å². The van der Waals surface area contributed by atoms with Crippen LogP contribution in [0, 0.1) is 5.41 Å². The van der Waals surface area contributed by atoms with Crippen molar-refractivity contribution in [1.29, 1.82) is 0 Å².